The summed E-state index contributed by atoms with van der Waals surface area (Å²) >= 11 is 0. The Morgan fingerprint density at radius 3 is 2.35 bits per heavy atom. The first-order valence-electron chi connectivity index (χ1n) is 13.6. The van der Waals surface area contributed by atoms with Crippen LogP contribution in [0.5, 0.6) is 17.2 Å². The molecule has 4 aromatic carbocycles. The van der Waals surface area contributed by atoms with E-state index in [-0.39, 0.29) is 24.5 Å². The summed E-state index contributed by atoms with van der Waals surface area (Å²) in [4.78, 5) is 13.8. The molecule has 0 aromatic heterocycles. The van der Waals surface area contributed by atoms with Gasteiger partial charge in [-0.05, 0) is 77.8 Å². The van der Waals surface area contributed by atoms with Gasteiger partial charge in [-0.25, -0.2) is 5.01 Å². The quantitative estimate of drug-likeness (QED) is 0.256. The fourth-order valence-corrected chi connectivity index (χ4v) is 5.77. The molecule has 40 heavy (non-hydrogen) atoms. The zero-order valence-electron chi connectivity index (χ0n) is 22.7. The van der Waals surface area contributed by atoms with Gasteiger partial charge in [0.15, 0.2) is 6.61 Å². The van der Waals surface area contributed by atoms with Crippen molar-refractivity contribution in [2.45, 2.75) is 25.3 Å². The van der Waals surface area contributed by atoms with E-state index in [1.54, 1.807) is 19.2 Å². The minimum atomic E-state index is -0.205. The third-order valence-corrected chi connectivity index (χ3v) is 7.77. The second-order valence-corrected chi connectivity index (χ2v) is 10.1. The third-order valence-electron chi connectivity index (χ3n) is 7.77. The molecule has 202 valence electrons. The molecule has 1 saturated carbocycles. The molecule has 1 aliphatic carbocycles. The smallest absolute Gasteiger partial charge is 0.281 e. The number of carbonyl (C=O) groups excluding carboxylic acids is 1. The minimum Gasteiger partial charge on any atom is -0.497 e. The van der Waals surface area contributed by atoms with Crippen LogP contribution in [0.3, 0.4) is 0 Å². The fraction of sp³-hybridized carbons (Fsp3) is 0.235. The lowest BCUT2D eigenvalue weighted by Gasteiger charge is -2.29. The number of carbonyl (C=O) groups is 1. The molecule has 0 N–H and O–H groups in total. The molecule has 1 heterocycles. The van der Waals surface area contributed by atoms with E-state index in [4.69, 9.17) is 19.3 Å². The van der Waals surface area contributed by atoms with Crippen LogP contribution in [-0.2, 0) is 4.79 Å². The van der Waals surface area contributed by atoms with Crippen LogP contribution in [0.15, 0.2) is 102 Å². The summed E-state index contributed by atoms with van der Waals surface area (Å²) in [6.07, 6.45) is 5.11. The van der Waals surface area contributed by atoms with Crippen molar-refractivity contribution >= 4 is 28.5 Å². The number of fused-ring (bicyclic) bond motifs is 2. The number of amides is 1. The molecular weight excluding hydrogens is 500 g/mol. The van der Waals surface area contributed by atoms with Crippen molar-refractivity contribution < 1.29 is 19.0 Å². The molecular formula is C34H32N2O4. The standard InChI is InChI=1S/C34H32N2O4/c1-38-27-17-13-23(14-18-27)21-26-9-5-11-30-33(26)35-36(34(30)25-15-19-28(39-2)20-16-25)32(37)22-40-31-12-6-8-24-7-3-4-10-29(24)31/h3-4,6-8,10,12-21,30,34H,5,9,11,22H2,1-2H3/b26-21+. The molecule has 6 nitrogen and oxygen atoms in total. The maximum Gasteiger partial charge on any atom is 0.281 e. The van der Waals surface area contributed by atoms with Gasteiger partial charge in [-0.15, -0.1) is 0 Å². The first-order chi connectivity index (χ1) is 19.6. The Labute approximate surface area is 234 Å². The van der Waals surface area contributed by atoms with E-state index in [2.05, 4.69) is 6.08 Å². The Hall–Kier alpha value is -4.58. The normalized spacial score (nSPS) is 19.3. The number of hydrogen-bond acceptors (Lipinski definition) is 5. The summed E-state index contributed by atoms with van der Waals surface area (Å²) in [6.45, 7) is -0.0955. The van der Waals surface area contributed by atoms with Crippen LogP contribution in [-0.4, -0.2) is 37.5 Å². The lowest BCUT2D eigenvalue weighted by Crippen LogP contribution is -2.34. The Morgan fingerprint density at radius 2 is 1.60 bits per heavy atom. The summed E-state index contributed by atoms with van der Waals surface area (Å²) < 4.78 is 16.8. The second-order valence-electron chi connectivity index (χ2n) is 10.1. The summed E-state index contributed by atoms with van der Waals surface area (Å²) in [5.74, 6) is 2.23. The van der Waals surface area contributed by atoms with E-state index in [0.717, 1.165) is 58.4 Å². The van der Waals surface area contributed by atoms with Crippen LogP contribution in [0.4, 0.5) is 0 Å². The molecule has 1 fully saturated rings. The third kappa shape index (κ3) is 5.05. The molecule has 1 aliphatic heterocycles. The van der Waals surface area contributed by atoms with Gasteiger partial charge >= 0.3 is 0 Å². The average molecular weight is 533 g/mol. The molecule has 0 radical (unpaired) electrons. The summed E-state index contributed by atoms with van der Waals surface area (Å²) in [7, 11) is 3.32. The van der Waals surface area contributed by atoms with Crippen molar-refractivity contribution in [2.75, 3.05) is 20.8 Å². The number of nitrogens with zero attached hydrogens (tertiary/aromatic N) is 2. The number of rotatable bonds is 7. The van der Waals surface area contributed by atoms with Gasteiger partial charge in [-0.3, -0.25) is 4.79 Å². The van der Waals surface area contributed by atoms with E-state index in [1.807, 2.05) is 91.0 Å². The number of hydrogen-bond donors (Lipinski definition) is 0. The molecule has 2 unspecified atom stereocenters. The van der Waals surface area contributed by atoms with Crippen LogP contribution in [0.1, 0.15) is 36.4 Å². The van der Waals surface area contributed by atoms with Crippen LogP contribution in [0.2, 0.25) is 0 Å². The van der Waals surface area contributed by atoms with Gasteiger partial charge in [0.25, 0.3) is 5.91 Å². The Bertz CT molecular complexity index is 1570. The lowest BCUT2D eigenvalue weighted by molar-refractivity contribution is -0.135. The van der Waals surface area contributed by atoms with Crippen molar-refractivity contribution in [3.8, 4) is 17.2 Å². The average Bonchev–Trinajstić information content (AvgIpc) is 3.41. The topological polar surface area (TPSA) is 60.4 Å². The molecule has 2 atom stereocenters. The van der Waals surface area contributed by atoms with E-state index in [1.165, 1.54) is 5.57 Å². The van der Waals surface area contributed by atoms with Gasteiger partial charge in [-0.1, -0.05) is 60.7 Å². The number of ether oxygens (including phenoxy) is 3. The van der Waals surface area contributed by atoms with Crippen molar-refractivity contribution in [1.82, 2.24) is 5.01 Å². The molecule has 1 amide bonds. The van der Waals surface area contributed by atoms with E-state index >= 15 is 0 Å². The largest absolute Gasteiger partial charge is 0.497 e. The number of benzene rings is 4. The SMILES string of the molecule is COc1ccc(/C=C2\CCCC3C2=NN(C(=O)COc2cccc4ccccc24)C3c2ccc(OC)cc2)cc1. The molecule has 0 spiro atoms. The number of methoxy groups -OCH3 is 2. The number of hydrazone groups is 1. The Kier molecular flexibility index (Phi) is 7.23. The van der Waals surface area contributed by atoms with Gasteiger partial charge in [0.2, 0.25) is 0 Å². The highest BCUT2D eigenvalue weighted by Gasteiger charge is 2.43. The predicted molar refractivity (Wildman–Crippen MR) is 158 cm³/mol. The monoisotopic (exact) mass is 532 g/mol. The Balaban J connectivity index is 1.32. The second kappa shape index (κ2) is 11.3. The summed E-state index contributed by atoms with van der Waals surface area (Å²) in [5, 5.41) is 8.70. The lowest BCUT2D eigenvalue weighted by atomic mass is 9.77. The molecule has 4 aromatic rings. The zero-order chi connectivity index (χ0) is 27.5. The first-order valence-corrected chi connectivity index (χ1v) is 13.6. The van der Waals surface area contributed by atoms with E-state index in [0.29, 0.717) is 5.75 Å². The van der Waals surface area contributed by atoms with Gasteiger partial charge in [-0.2, -0.15) is 5.10 Å². The molecule has 2 aliphatic rings. The number of allylic oxidation sites excluding steroid dienone is 1. The van der Waals surface area contributed by atoms with Crippen molar-refractivity contribution in [2.24, 2.45) is 11.0 Å². The van der Waals surface area contributed by atoms with Crippen LogP contribution >= 0.6 is 0 Å². The fourth-order valence-electron chi connectivity index (χ4n) is 5.77. The highest BCUT2D eigenvalue weighted by atomic mass is 16.5. The van der Waals surface area contributed by atoms with Crippen molar-refractivity contribution in [3.05, 3.63) is 108 Å². The van der Waals surface area contributed by atoms with Gasteiger partial charge in [0, 0.05) is 11.3 Å². The van der Waals surface area contributed by atoms with Gasteiger partial charge < -0.3 is 14.2 Å². The Morgan fingerprint density at radius 1 is 0.900 bits per heavy atom. The van der Waals surface area contributed by atoms with Gasteiger partial charge in [0.1, 0.15) is 17.2 Å². The summed E-state index contributed by atoms with van der Waals surface area (Å²) in [6, 6.07) is 29.7. The van der Waals surface area contributed by atoms with Gasteiger partial charge in [0.05, 0.1) is 26.0 Å². The maximum absolute atomic E-state index is 13.8. The molecule has 6 rings (SSSR count). The van der Waals surface area contributed by atoms with E-state index in [9.17, 15) is 4.79 Å². The van der Waals surface area contributed by atoms with Crippen LogP contribution < -0.4 is 14.2 Å². The van der Waals surface area contributed by atoms with Crippen molar-refractivity contribution in [1.29, 1.82) is 0 Å². The predicted octanol–water partition coefficient (Wildman–Crippen LogP) is 7.06. The summed E-state index contributed by atoms with van der Waals surface area (Å²) in [5.41, 5.74) is 4.28. The maximum atomic E-state index is 13.8. The highest BCUT2D eigenvalue weighted by Crippen LogP contribution is 2.44. The van der Waals surface area contributed by atoms with E-state index < -0.39 is 0 Å². The highest BCUT2D eigenvalue weighted by molar-refractivity contribution is 6.08. The minimum absolute atomic E-state index is 0.0955. The van der Waals surface area contributed by atoms with Crippen LogP contribution in [0, 0.1) is 5.92 Å². The van der Waals surface area contributed by atoms with Crippen LogP contribution in [0.25, 0.3) is 16.8 Å². The van der Waals surface area contributed by atoms with Crippen molar-refractivity contribution in [3.63, 3.8) is 0 Å². The zero-order valence-corrected chi connectivity index (χ0v) is 22.7. The molecule has 0 bridgehead atoms. The molecule has 0 saturated heterocycles. The first kappa shape index (κ1) is 25.7. The molecule has 6 heteroatoms.